The molecule has 0 saturated heterocycles. The second kappa shape index (κ2) is 8.39. The Hall–Kier alpha value is -1.07. The summed E-state index contributed by atoms with van der Waals surface area (Å²) in [4.78, 5) is 1.43. The minimum atomic E-state index is -4.15. The average Bonchev–Trinajstić information content (AvgIpc) is 2.44. The summed E-state index contributed by atoms with van der Waals surface area (Å²) in [6.07, 6.45) is -3.19. The Morgan fingerprint density at radius 1 is 1.10 bits per heavy atom. The third kappa shape index (κ3) is 6.48. The number of halogens is 3. The quantitative estimate of drug-likeness (QED) is 0.786. The molecule has 0 spiro atoms. The van der Waals surface area contributed by atoms with Crippen molar-refractivity contribution in [2.24, 2.45) is 0 Å². The van der Waals surface area contributed by atoms with Crippen molar-refractivity contribution in [1.29, 1.82) is 0 Å². The number of hydrogen-bond acceptors (Lipinski definition) is 2. The highest BCUT2D eigenvalue weighted by Crippen LogP contribution is 2.20. The number of likely N-dealkylation sites (N-methyl/N-ethyl adjacent to an activating group) is 2. The van der Waals surface area contributed by atoms with E-state index in [1.165, 1.54) is 10.5 Å². The van der Waals surface area contributed by atoms with Crippen LogP contribution < -0.4 is 5.32 Å². The largest absolute Gasteiger partial charge is 0.401 e. The van der Waals surface area contributed by atoms with E-state index in [-0.39, 0.29) is 6.04 Å². The van der Waals surface area contributed by atoms with Gasteiger partial charge in [-0.3, -0.25) is 4.90 Å². The Labute approximate surface area is 125 Å². The van der Waals surface area contributed by atoms with Gasteiger partial charge in [0.2, 0.25) is 0 Å². The van der Waals surface area contributed by atoms with Gasteiger partial charge < -0.3 is 5.32 Å². The summed E-state index contributed by atoms with van der Waals surface area (Å²) >= 11 is 0. The van der Waals surface area contributed by atoms with E-state index in [9.17, 15) is 13.2 Å². The van der Waals surface area contributed by atoms with Crippen LogP contribution in [0.15, 0.2) is 24.3 Å². The lowest BCUT2D eigenvalue weighted by Gasteiger charge is -2.28. The fraction of sp³-hybridized carbons (Fsp3) is 0.625. The van der Waals surface area contributed by atoms with E-state index in [4.69, 9.17) is 0 Å². The standard InChI is InChI=1S/C16H25F3N2/c1-4-13-7-9-14(10-8-13)15(20-5-2)11-21(6-3)12-16(17,18)19/h7-10,15,20H,4-6,11-12H2,1-3H3. The van der Waals surface area contributed by atoms with Crippen LogP contribution in [0.4, 0.5) is 13.2 Å². The van der Waals surface area contributed by atoms with Gasteiger partial charge in [-0.15, -0.1) is 0 Å². The van der Waals surface area contributed by atoms with E-state index in [1.807, 2.05) is 31.2 Å². The average molecular weight is 302 g/mol. The Morgan fingerprint density at radius 3 is 2.14 bits per heavy atom. The Morgan fingerprint density at radius 2 is 1.71 bits per heavy atom. The zero-order valence-electron chi connectivity index (χ0n) is 13.0. The van der Waals surface area contributed by atoms with E-state index in [0.717, 1.165) is 18.5 Å². The zero-order valence-corrected chi connectivity index (χ0v) is 13.0. The highest BCUT2D eigenvalue weighted by atomic mass is 19.4. The van der Waals surface area contributed by atoms with E-state index in [2.05, 4.69) is 12.2 Å². The first-order valence-electron chi connectivity index (χ1n) is 7.50. The molecule has 0 radical (unpaired) electrons. The van der Waals surface area contributed by atoms with Crippen LogP contribution in [0.5, 0.6) is 0 Å². The fourth-order valence-electron chi connectivity index (χ4n) is 2.34. The van der Waals surface area contributed by atoms with Crippen LogP contribution >= 0.6 is 0 Å². The van der Waals surface area contributed by atoms with Gasteiger partial charge in [0.15, 0.2) is 0 Å². The number of benzene rings is 1. The lowest BCUT2D eigenvalue weighted by atomic mass is 10.0. The van der Waals surface area contributed by atoms with Crippen molar-refractivity contribution in [2.75, 3.05) is 26.2 Å². The van der Waals surface area contributed by atoms with Crippen LogP contribution in [-0.4, -0.2) is 37.3 Å². The number of rotatable bonds is 8. The van der Waals surface area contributed by atoms with Crippen molar-refractivity contribution in [1.82, 2.24) is 10.2 Å². The van der Waals surface area contributed by atoms with Crippen LogP contribution in [0.2, 0.25) is 0 Å². The molecule has 2 nitrogen and oxygen atoms in total. The first-order valence-corrected chi connectivity index (χ1v) is 7.50. The van der Waals surface area contributed by atoms with E-state index < -0.39 is 12.7 Å². The molecule has 21 heavy (non-hydrogen) atoms. The summed E-state index contributed by atoms with van der Waals surface area (Å²) in [6, 6.07) is 8.02. The predicted molar refractivity (Wildman–Crippen MR) is 80.4 cm³/mol. The lowest BCUT2D eigenvalue weighted by molar-refractivity contribution is -0.146. The SMILES string of the molecule is CCNC(CN(CC)CC(F)(F)F)c1ccc(CC)cc1. The van der Waals surface area contributed by atoms with Gasteiger partial charge in [0.25, 0.3) is 0 Å². The van der Waals surface area contributed by atoms with Crippen molar-refractivity contribution in [3.63, 3.8) is 0 Å². The molecule has 0 heterocycles. The lowest BCUT2D eigenvalue weighted by Crippen LogP contribution is -2.40. The number of hydrogen-bond donors (Lipinski definition) is 1. The third-order valence-electron chi connectivity index (χ3n) is 3.53. The molecule has 1 N–H and O–H groups in total. The topological polar surface area (TPSA) is 15.3 Å². The van der Waals surface area contributed by atoms with Crippen molar-refractivity contribution >= 4 is 0 Å². The van der Waals surface area contributed by atoms with Crippen LogP contribution in [-0.2, 0) is 6.42 Å². The Balaban J connectivity index is 2.79. The smallest absolute Gasteiger partial charge is 0.309 e. The van der Waals surface area contributed by atoms with Crippen LogP contribution in [0, 0.1) is 0 Å². The van der Waals surface area contributed by atoms with Gasteiger partial charge in [0.05, 0.1) is 6.54 Å². The number of nitrogens with one attached hydrogen (secondary N) is 1. The molecule has 1 rings (SSSR count). The molecular weight excluding hydrogens is 277 g/mol. The predicted octanol–water partition coefficient (Wildman–Crippen LogP) is 3.78. The third-order valence-corrected chi connectivity index (χ3v) is 3.53. The Kier molecular flexibility index (Phi) is 7.18. The van der Waals surface area contributed by atoms with Gasteiger partial charge >= 0.3 is 6.18 Å². The number of nitrogens with zero attached hydrogens (tertiary/aromatic N) is 1. The highest BCUT2D eigenvalue weighted by Gasteiger charge is 2.31. The minimum absolute atomic E-state index is 0.0804. The molecule has 0 aliphatic rings. The Bertz CT molecular complexity index is 401. The summed E-state index contributed by atoms with van der Waals surface area (Å²) in [7, 11) is 0. The molecule has 5 heteroatoms. The maximum atomic E-state index is 12.6. The first kappa shape index (κ1) is 18.0. The van der Waals surface area contributed by atoms with Crippen LogP contribution in [0.25, 0.3) is 0 Å². The van der Waals surface area contributed by atoms with Gasteiger partial charge in [-0.25, -0.2) is 0 Å². The number of aryl methyl sites for hydroxylation is 1. The molecule has 1 atom stereocenters. The molecule has 1 aromatic rings. The molecule has 1 aromatic carbocycles. The van der Waals surface area contributed by atoms with Gasteiger partial charge in [0, 0.05) is 12.6 Å². The van der Waals surface area contributed by atoms with Gasteiger partial charge in [-0.1, -0.05) is 45.0 Å². The molecular formula is C16H25F3N2. The first-order chi connectivity index (χ1) is 9.89. The molecule has 0 bridgehead atoms. The van der Waals surface area contributed by atoms with Gasteiger partial charge in [0.1, 0.15) is 0 Å². The molecule has 1 unspecified atom stereocenters. The molecule has 0 saturated carbocycles. The van der Waals surface area contributed by atoms with Crippen LogP contribution in [0.1, 0.15) is 37.9 Å². The van der Waals surface area contributed by atoms with E-state index in [0.29, 0.717) is 13.1 Å². The monoisotopic (exact) mass is 302 g/mol. The van der Waals surface area contributed by atoms with E-state index in [1.54, 1.807) is 6.92 Å². The molecule has 0 fully saturated rings. The summed E-state index contributed by atoms with van der Waals surface area (Å²) in [6.45, 7) is 6.41. The second-order valence-electron chi connectivity index (χ2n) is 5.15. The normalized spacial score (nSPS) is 13.7. The van der Waals surface area contributed by atoms with Crippen molar-refractivity contribution in [3.05, 3.63) is 35.4 Å². The van der Waals surface area contributed by atoms with Gasteiger partial charge in [-0.05, 0) is 30.6 Å². The second-order valence-corrected chi connectivity index (χ2v) is 5.15. The van der Waals surface area contributed by atoms with E-state index >= 15 is 0 Å². The minimum Gasteiger partial charge on any atom is -0.309 e. The summed E-state index contributed by atoms with van der Waals surface area (Å²) in [5.74, 6) is 0. The fourth-order valence-corrected chi connectivity index (χ4v) is 2.34. The number of alkyl halides is 3. The van der Waals surface area contributed by atoms with Crippen molar-refractivity contribution in [3.8, 4) is 0 Å². The van der Waals surface area contributed by atoms with Crippen molar-refractivity contribution < 1.29 is 13.2 Å². The van der Waals surface area contributed by atoms with Crippen LogP contribution in [0.3, 0.4) is 0 Å². The maximum absolute atomic E-state index is 12.6. The summed E-state index contributed by atoms with van der Waals surface area (Å²) in [5, 5.41) is 3.28. The molecule has 0 amide bonds. The van der Waals surface area contributed by atoms with Crippen molar-refractivity contribution in [2.45, 2.75) is 39.4 Å². The molecule has 0 aliphatic carbocycles. The summed E-state index contributed by atoms with van der Waals surface area (Å²) < 4.78 is 37.7. The maximum Gasteiger partial charge on any atom is 0.401 e. The molecule has 0 aromatic heterocycles. The molecule has 120 valence electrons. The zero-order chi connectivity index (χ0) is 15.9. The molecule has 0 aliphatic heterocycles. The highest BCUT2D eigenvalue weighted by molar-refractivity contribution is 5.25. The van der Waals surface area contributed by atoms with Gasteiger partial charge in [-0.2, -0.15) is 13.2 Å². The summed E-state index contributed by atoms with van der Waals surface area (Å²) in [5.41, 5.74) is 2.27.